The molecule has 0 heterocycles. The molecule has 0 saturated carbocycles. The minimum absolute atomic E-state index is 0.290. The van der Waals surface area contributed by atoms with E-state index in [1.165, 1.54) is 11.1 Å². The van der Waals surface area contributed by atoms with Gasteiger partial charge in [0.1, 0.15) is 5.75 Å². The Bertz CT molecular complexity index is 1150. The highest BCUT2D eigenvalue weighted by atomic mass is 35.5. The molecule has 178 valence electrons. The summed E-state index contributed by atoms with van der Waals surface area (Å²) >= 11 is 5.95. The molecule has 2 N–H and O–H groups in total. The molecule has 1 aliphatic rings. The maximum Gasteiger partial charge on any atom is 0.338 e. The van der Waals surface area contributed by atoms with E-state index < -0.39 is 6.10 Å². The van der Waals surface area contributed by atoms with Gasteiger partial charge in [-0.15, -0.1) is 0 Å². The van der Waals surface area contributed by atoms with Crippen LogP contribution in [0, 0.1) is 0 Å². The summed E-state index contributed by atoms with van der Waals surface area (Å²) < 4.78 is 10.7. The van der Waals surface area contributed by atoms with Gasteiger partial charge in [0.25, 0.3) is 0 Å². The molecular formula is C28H30ClNO4. The molecule has 2 atom stereocenters. The average Bonchev–Trinajstić information content (AvgIpc) is 2.87. The second-order valence-corrected chi connectivity index (χ2v) is 8.97. The molecule has 0 bridgehead atoms. The van der Waals surface area contributed by atoms with Crippen molar-refractivity contribution in [1.82, 2.24) is 5.32 Å². The van der Waals surface area contributed by atoms with Gasteiger partial charge in [-0.05, 0) is 78.8 Å². The van der Waals surface area contributed by atoms with E-state index in [-0.39, 0.29) is 12.0 Å². The summed E-state index contributed by atoms with van der Waals surface area (Å²) in [5.74, 6) is 0.287. The summed E-state index contributed by atoms with van der Waals surface area (Å²) in [6, 6.07) is 19.5. The molecule has 3 aromatic carbocycles. The number of hydrogen-bond acceptors (Lipinski definition) is 5. The number of hydrogen-bond donors (Lipinski definition) is 2. The number of esters is 1. The third-order valence-corrected chi connectivity index (χ3v) is 6.57. The molecule has 0 fully saturated rings. The number of rotatable bonds is 8. The predicted molar refractivity (Wildman–Crippen MR) is 135 cm³/mol. The largest absolute Gasteiger partial charge is 0.496 e. The number of methoxy groups -OCH3 is 1. The van der Waals surface area contributed by atoms with Crippen molar-refractivity contribution in [3.05, 3.63) is 87.9 Å². The quantitative estimate of drug-likeness (QED) is 0.425. The van der Waals surface area contributed by atoms with Crippen molar-refractivity contribution < 1.29 is 19.4 Å². The fraction of sp³-hybridized carbons (Fsp3) is 0.321. The number of aliphatic hydroxyl groups is 1. The first-order valence-corrected chi connectivity index (χ1v) is 12.0. The number of aliphatic hydroxyl groups excluding tert-OH is 1. The first kappa shape index (κ1) is 24.3. The molecule has 0 aliphatic heterocycles. The van der Waals surface area contributed by atoms with E-state index in [0.717, 1.165) is 36.0 Å². The molecule has 0 radical (unpaired) electrons. The van der Waals surface area contributed by atoms with E-state index in [1.807, 2.05) is 18.2 Å². The van der Waals surface area contributed by atoms with Crippen molar-refractivity contribution in [2.45, 2.75) is 38.3 Å². The summed E-state index contributed by atoms with van der Waals surface area (Å²) in [6.45, 7) is 2.61. The Labute approximate surface area is 205 Å². The summed E-state index contributed by atoms with van der Waals surface area (Å²) in [4.78, 5) is 12.1. The molecule has 6 heteroatoms. The van der Waals surface area contributed by atoms with E-state index in [9.17, 15) is 9.90 Å². The molecule has 4 rings (SSSR count). The summed E-state index contributed by atoms with van der Waals surface area (Å²) in [5, 5.41) is 14.7. The van der Waals surface area contributed by atoms with Crippen LogP contribution in [0.5, 0.6) is 5.75 Å². The number of halogens is 1. The molecule has 0 spiro atoms. The van der Waals surface area contributed by atoms with E-state index in [4.69, 9.17) is 21.1 Å². The highest BCUT2D eigenvalue weighted by molar-refractivity contribution is 6.30. The Hall–Kier alpha value is -2.86. The van der Waals surface area contributed by atoms with E-state index in [1.54, 1.807) is 38.3 Å². The minimum atomic E-state index is -0.577. The Morgan fingerprint density at radius 1 is 1.12 bits per heavy atom. The molecule has 0 amide bonds. The fourth-order valence-corrected chi connectivity index (χ4v) is 4.58. The van der Waals surface area contributed by atoms with Gasteiger partial charge in [-0.2, -0.15) is 0 Å². The van der Waals surface area contributed by atoms with Crippen LogP contribution in [0.15, 0.2) is 60.7 Å². The number of aryl methyl sites for hydroxylation is 1. The maximum absolute atomic E-state index is 12.1. The van der Waals surface area contributed by atoms with Crippen molar-refractivity contribution in [2.75, 3.05) is 20.3 Å². The number of carbonyl (C=O) groups excluding carboxylic acids is 1. The Balaban J connectivity index is 1.47. The van der Waals surface area contributed by atoms with E-state index >= 15 is 0 Å². The van der Waals surface area contributed by atoms with Crippen LogP contribution < -0.4 is 10.1 Å². The van der Waals surface area contributed by atoms with Crippen LogP contribution in [0.3, 0.4) is 0 Å². The summed E-state index contributed by atoms with van der Waals surface area (Å²) in [7, 11) is 1.61. The zero-order valence-corrected chi connectivity index (χ0v) is 20.3. The van der Waals surface area contributed by atoms with Gasteiger partial charge in [0.2, 0.25) is 0 Å². The molecule has 3 aromatic rings. The number of carbonyl (C=O) groups is 1. The zero-order valence-electron chi connectivity index (χ0n) is 19.5. The van der Waals surface area contributed by atoms with Gasteiger partial charge in [0.05, 0.1) is 25.4 Å². The molecule has 34 heavy (non-hydrogen) atoms. The minimum Gasteiger partial charge on any atom is -0.496 e. The lowest BCUT2D eigenvalue weighted by Crippen LogP contribution is -2.37. The molecule has 1 aliphatic carbocycles. The number of benzene rings is 3. The van der Waals surface area contributed by atoms with Crippen LogP contribution in [0.25, 0.3) is 11.1 Å². The second-order valence-electron chi connectivity index (χ2n) is 8.53. The van der Waals surface area contributed by atoms with E-state index in [2.05, 4.69) is 23.5 Å². The first-order valence-electron chi connectivity index (χ1n) is 11.6. The highest BCUT2D eigenvalue weighted by Gasteiger charge is 2.21. The van der Waals surface area contributed by atoms with Gasteiger partial charge in [-0.25, -0.2) is 4.79 Å². The zero-order chi connectivity index (χ0) is 24.1. The molecule has 0 aromatic heterocycles. The topological polar surface area (TPSA) is 67.8 Å². The smallest absolute Gasteiger partial charge is 0.338 e. The fourth-order valence-electron chi connectivity index (χ4n) is 4.45. The van der Waals surface area contributed by atoms with Crippen LogP contribution in [-0.2, 0) is 17.6 Å². The lowest BCUT2D eigenvalue weighted by Gasteiger charge is -2.27. The van der Waals surface area contributed by atoms with Crippen LogP contribution in [0.4, 0.5) is 0 Å². The normalized spacial score (nSPS) is 15.9. The monoisotopic (exact) mass is 479 g/mol. The predicted octanol–water partition coefficient (Wildman–Crippen LogP) is 5.37. The van der Waals surface area contributed by atoms with E-state index in [0.29, 0.717) is 29.5 Å². The van der Waals surface area contributed by atoms with Crippen molar-refractivity contribution >= 4 is 17.6 Å². The summed E-state index contributed by atoms with van der Waals surface area (Å²) in [6.07, 6.45) is 2.33. The van der Waals surface area contributed by atoms with Crippen molar-refractivity contribution in [1.29, 1.82) is 0 Å². The standard InChI is InChI=1S/C28H30ClNO4/c1-3-34-28(32)21-9-13-25(27(16-21)33-2)20-5-4-18-8-12-24(15-22(18)14-20)30-17-26(31)19-6-10-23(29)11-7-19/h4-7,9-11,13-14,16,24,26,30-31H,3,8,12,15,17H2,1-2H3/t24-,26-/m0/s1. The first-order chi connectivity index (χ1) is 16.5. The Morgan fingerprint density at radius 3 is 2.65 bits per heavy atom. The maximum atomic E-state index is 12.1. The van der Waals surface area contributed by atoms with Crippen LogP contribution >= 0.6 is 11.6 Å². The SMILES string of the molecule is CCOC(=O)c1ccc(-c2ccc3c(c2)C[C@@H](NC[C@H](O)c2ccc(Cl)cc2)CC3)c(OC)c1. The number of fused-ring (bicyclic) bond motifs is 1. The van der Waals surface area contributed by atoms with Gasteiger partial charge in [-0.3, -0.25) is 0 Å². The average molecular weight is 480 g/mol. The van der Waals surface area contributed by atoms with Gasteiger partial charge in [0.15, 0.2) is 0 Å². The summed E-state index contributed by atoms with van der Waals surface area (Å²) in [5.41, 5.74) is 5.96. The molecule has 0 saturated heterocycles. The van der Waals surface area contributed by atoms with Gasteiger partial charge >= 0.3 is 5.97 Å². The third kappa shape index (κ3) is 5.61. The second kappa shape index (κ2) is 11.0. The number of nitrogens with one attached hydrogen (secondary N) is 1. The lowest BCUT2D eigenvalue weighted by atomic mass is 9.86. The van der Waals surface area contributed by atoms with Crippen LogP contribution in [-0.4, -0.2) is 37.4 Å². The van der Waals surface area contributed by atoms with Crippen molar-refractivity contribution in [2.24, 2.45) is 0 Å². The molecule has 0 unspecified atom stereocenters. The lowest BCUT2D eigenvalue weighted by molar-refractivity contribution is 0.0526. The van der Waals surface area contributed by atoms with Gasteiger partial charge in [-0.1, -0.05) is 41.9 Å². The Morgan fingerprint density at radius 2 is 1.91 bits per heavy atom. The van der Waals surface area contributed by atoms with Crippen molar-refractivity contribution in [3.63, 3.8) is 0 Å². The van der Waals surface area contributed by atoms with Gasteiger partial charge < -0.3 is 19.9 Å². The van der Waals surface area contributed by atoms with Crippen molar-refractivity contribution in [3.8, 4) is 16.9 Å². The number of ether oxygens (including phenoxy) is 2. The highest BCUT2D eigenvalue weighted by Crippen LogP contribution is 2.34. The molecule has 5 nitrogen and oxygen atoms in total. The van der Waals surface area contributed by atoms with Crippen LogP contribution in [0.2, 0.25) is 5.02 Å². The third-order valence-electron chi connectivity index (χ3n) is 6.31. The Kier molecular flexibility index (Phi) is 7.88. The van der Waals surface area contributed by atoms with Crippen LogP contribution in [0.1, 0.15) is 46.5 Å². The van der Waals surface area contributed by atoms with Gasteiger partial charge in [0, 0.05) is 23.2 Å². The molecular weight excluding hydrogens is 450 g/mol.